The predicted molar refractivity (Wildman–Crippen MR) is 164 cm³/mol. The number of nitrogens with zero attached hydrogens (tertiary/aromatic N) is 2. The van der Waals surface area contributed by atoms with Crippen LogP contribution in [0.2, 0.25) is 0 Å². The normalized spacial score (nSPS) is 19.4. The molecular formula is C31H31IN2O9. The van der Waals surface area contributed by atoms with Crippen molar-refractivity contribution in [2.75, 3.05) is 6.61 Å². The Kier molecular flexibility index (Phi) is 7.86. The van der Waals surface area contributed by atoms with Crippen molar-refractivity contribution in [2.45, 2.75) is 66.2 Å². The van der Waals surface area contributed by atoms with Crippen LogP contribution in [0, 0.1) is 34.6 Å². The highest BCUT2D eigenvalue weighted by atomic mass is 127. The average molecular weight is 702 g/mol. The van der Waals surface area contributed by atoms with E-state index in [2.05, 4.69) is 0 Å². The van der Waals surface area contributed by atoms with Gasteiger partial charge < -0.3 is 14.2 Å². The fourth-order valence-corrected chi connectivity index (χ4v) is 6.82. The van der Waals surface area contributed by atoms with Crippen molar-refractivity contribution < 1.29 is 33.6 Å². The fraction of sp³-hybridized carbons (Fsp3) is 0.419. The molecule has 0 saturated heterocycles. The maximum atomic E-state index is 13.7. The highest BCUT2D eigenvalue weighted by Crippen LogP contribution is 2.54. The smallest absolute Gasteiger partial charge is 0.318 e. The van der Waals surface area contributed by atoms with Crippen LogP contribution in [0.5, 0.6) is 17.2 Å². The van der Waals surface area contributed by atoms with E-state index in [1.54, 1.807) is 19.1 Å². The van der Waals surface area contributed by atoms with E-state index in [0.717, 1.165) is 12.1 Å². The summed E-state index contributed by atoms with van der Waals surface area (Å²) in [6.07, 6.45) is 1.73. The number of Topliss-reactive ketones (excluding diaryl/α,β-unsaturated/α-hetero) is 2. The lowest BCUT2D eigenvalue weighted by atomic mass is 9.65. The molecule has 5 rings (SSSR count). The highest BCUT2D eigenvalue weighted by molar-refractivity contribution is 14.1. The third-order valence-corrected chi connectivity index (χ3v) is 8.61. The van der Waals surface area contributed by atoms with Crippen molar-refractivity contribution in [2.24, 2.45) is 10.8 Å². The van der Waals surface area contributed by atoms with Gasteiger partial charge in [0.25, 0.3) is 5.69 Å². The molecule has 0 aromatic heterocycles. The Morgan fingerprint density at radius 1 is 0.884 bits per heavy atom. The number of ether oxygens (including phenoxy) is 3. The van der Waals surface area contributed by atoms with Gasteiger partial charge in [-0.1, -0.05) is 27.7 Å². The number of carbonyl (C=O) groups is 2. The first-order valence-corrected chi connectivity index (χ1v) is 15.0. The maximum absolute atomic E-state index is 13.7. The Hall–Kier alpha value is -3.81. The van der Waals surface area contributed by atoms with Crippen LogP contribution in [0.4, 0.5) is 11.4 Å². The number of benzene rings is 2. The van der Waals surface area contributed by atoms with Crippen LogP contribution in [0.1, 0.15) is 71.8 Å². The van der Waals surface area contributed by atoms with Crippen LogP contribution in [-0.4, -0.2) is 28.0 Å². The van der Waals surface area contributed by atoms with Crippen LogP contribution in [0.3, 0.4) is 0 Å². The zero-order valence-electron chi connectivity index (χ0n) is 24.4. The van der Waals surface area contributed by atoms with Crippen molar-refractivity contribution in [1.82, 2.24) is 0 Å². The molecule has 2 aliphatic carbocycles. The summed E-state index contributed by atoms with van der Waals surface area (Å²) in [5.74, 6) is 0.589. The lowest BCUT2D eigenvalue weighted by molar-refractivity contribution is -0.394. The largest absolute Gasteiger partial charge is 0.490 e. The molecule has 0 unspecified atom stereocenters. The number of nitro benzene ring substituents is 2. The molecule has 226 valence electrons. The summed E-state index contributed by atoms with van der Waals surface area (Å²) in [6, 6.07) is 6.62. The second-order valence-electron chi connectivity index (χ2n) is 12.6. The summed E-state index contributed by atoms with van der Waals surface area (Å²) in [4.78, 5) is 48.8. The molecule has 0 saturated carbocycles. The van der Waals surface area contributed by atoms with Crippen LogP contribution < -0.4 is 9.47 Å². The van der Waals surface area contributed by atoms with Crippen LogP contribution in [0.25, 0.3) is 0 Å². The van der Waals surface area contributed by atoms with Gasteiger partial charge in [0.05, 0.1) is 26.1 Å². The number of carbonyl (C=O) groups excluding carboxylic acids is 2. The minimum absolute atomic E-state index is 0.0739. The first-order valence-electron chi connectivity index (χ1n) is 13.9. The van der Waals surface area contributed by atoms with Gasteiger partial charge >= 0.3 is 5.69 Å². The molecule has 1 aliphatic heterocycles. The van der Waals surface area contributed by atoms with Crippen molar-refractivity contribution in [3.8, 4) is 17.2 Å². The molecule has 0 amide bonds. The first kappa shape index (κ1) is 30.6. The third kappa shape index (κ3) is 5.89. The molecule has 0 spiro atoms. The highest BCUT2D eigenvalue weighted by Gasteiger charge is 2.48. The zero-order chi connectivity index (χ0) is 31.4. The van der Waals surface area contributed by atoms with Gasteiger partial charge in [0, 0.05) is 48.8 Å². The molecule has 0 radical (unpaired) electrons. The van der Waals surface area contributed by atoms with Gasteiger partial charge in [-0.25, -0.2) is 0 Å². The molecule has 0 fully saturated rings. The van der Waals surface area contributed by atoms with Crippen LogP contribution in [0.15, 0.2) is 53.0 Å². The Balaban J connectivity index is 1.66. The predicted octanol–water partition coefficient (Wildman–Crippen LogP) is 7.70. The molecule has 2 aromatic rings. The zero-order valence-corrected chi connectivity index (χ0v) is 26.6. The van der Waals surface area contributed by atoms with Crippen LogP contribution >= 0.6 is 22.6 Å². The maximum Gasteiger partial charge on any atom is 0.318 e. The van der Waals surface area contributed by atoms with E-state index in [4.69, 9.17) is 14.2 Å². The lowest BCUT2D eigenvalue weighted by Crippen LogP contribution is -2.37. The average Bonchev–Trinajstić information content (AvgIpc) is 2.87. The molecule has 3 aliphatic rings. The van der Waals surface area contributed by atoms with Gasteiger partial charge in [-0.2, -0.15) is 0 Å². The van der Waals surface area contributed by atoms with E-state index in [9.17, 15) is 29.8 Å². The van der Waals surface area contributed by atoms with Crippen molar-refractivity contribution in [3.63, 3.8) is 0 Å². The van der Waals surface area contributed by atoms with E-state index in [-0.39, 0.29) is 46.3 Å². The van der Waals surface area contributed by atoms with Gasteiger partial charge in [-0.3, -0.25) is 29.8 Å². The van der Waals surface area contributed by atoms with Crippen LogP contribution in [-0.2, 0) is 14.3 Å². The Bertz CT molecular complexity index is 1600. The van der Waals surface area contributed by atoms with Gasteiger partial charge in [0.15, 0.2) is 23.1 Å². The van der Waals surface area contributed by atoms with Gasteiger partial charge in [0.2, 0.25) is 5.75 Å². The lowest BCUT2D eigenvalue weighted by Gasteiger charge is -2.42. The van der Waals surface area contributed by atoms with Gasteiger partial charge in [-0.15, -0.1) is 0 Å². The van der Waals surface area contributed by atoms with Gasteiger partial charge in [-0.05, 0) is 64.1 Å². The number of allylic oxidation sites excluding steroid dienone is 4. The summed E-state index contributed by atoms with van der Waals surface area (Å²) < 4.78 is 18.8. The quantitative estimate of drug-likeness (QED) is 0.161. The number of rotatable bonds is 7. The third-order valence-electron chi connectivity index (χ3n) is 7.81. The first-order chi connectivity index (χ1) is 20.1. The monoisotopic (exact) mass is 702 g/mol. The molecule has 2 aromatic carbocycles. The molecule has 11 nitrogen and oxygen atoms in total. The molecule has 0 bridgehead atoms. The topological polar surface area (TPSA) is 148 Å². The second kappa shape index (κ2) is 11.0. The summed E-state index contributed by atoms with van der Waals surface area (Å²) in [5, 5.41) is 22.9. The van der Waals surface area contributed by atoms with E-state index in [1.165, 1.54) is 6.07 Å². The summed E-state index contributed by atoms with van der Waals surface area (Å²) in [6.45, 7) is 10.1. The number of hydrogen-bond acceptors (Lipinski definition) is 9. The standard InChI is InChI=1S/C31H31IN2O9/c1-6-41-23-10-16(9-18(32)29(23)43-22-8-7-17(33(37)38)11-19(22)34(39)40)26-27-20(35)12-30(2,3)14-24(27)42-25-15-31(4,5)13-21(36)28(25)26/h7-11,26H,6,12-15H2,1-5H3. The Morgan fingerprint density at radius 3 is 1.98 bits per heavy atom. The molecule has 12 heteroatoms. The minimum atomic E-state index is -0.750. The summed E-state index contributed by atoms with van der Waals surface area (Å²) in [5.41, 5.74) is -0.0152. The number of ketones is 2. The minimum Gasteiger partial charge on any atom is -0.490 e. The van der Waals surface area contributed by atoms with E-state index in [1.807, 2.05) is 50.3 Å². The summed E-state index contributed by atoms with van der Waals surface area (Å²) >= 11 is 2.02. The van der Waals surface area contributed by atoms with Crippen molar-refractivity contribution in [1.29, 1.82) is 0 Å². The molecule has 0 atom stereocenters. The Morgan fingerprint density at radius 2 is 1.47 bits per heavy atom. The molecular weight excluding hydrogens is 671 g/mol. The van der Waals surface area contributed by atoms with Gasteiger partial charge in [0.1, 0.15) is 11.5 Å². The number of halogens is 1. The van der Waals surface area contributed by atoms with E-state index < -0.39 is 27.1 Å². The second-order valence-corrected chi connectivity index (χ2v) is 13.8. The van der Waals surface area contributed by atoms with Crippen molar-refractivity contribution in [3.05, 3.63) is 82.4 Å². The number of hydrogen-bond donors (Lipinski definition) is 0. The SMILES string of the molecule is CCOc1cc(C2C3=C(CC(C)(C)CC3=O)OC3=C2C(=O)CC(C)(C)C3)cc(I)c1Oc1ccc([N+](=O)[O-])cc1[N+](=O)[O-]. The molecule has 43 heavy (non-hydrogen) atoms. The van der Waals surface area contributed by atoms with E-state index in [0.29, 0.717) is 57.5 Å². The number of nitro groups is 2. The summed E-state index contributed by atoms with van der Waals surface area (Å²) in [7, 11) is 0. The van der Waals surface area contributed by atoms with Crippen molar-refractivity contribution >= 4 is 45.5 Å². The fourth-order valence-electron chi connectivity index (χ4n) is 6.08. The van der Waals surface area contributed by atoms with E-state index >= 15 is 0 Å². The molecule has 1 heterocycles. The molecule has 0 N–H and O–H groups in total. The number of non-ortho nitro benzene ring substituents is 1. The Labute approximate surface area is 261 Å².